The Labute approximate surface area is 107 Å². The first kappa shape index (κ1) is 14.0. The molecule has 0 unspecified atom stereocenters. The van der Waals surface area contributed by atoms with E-state index in [4.69, 9.17) is 5.11 Å². The molecule has 0 radical (unpaired) electrons. The van der Waals surface area contributed by atoms with Crippen molar-refractivity contribution in [3.8, 4) is 0 Å². The number of amides is 1. The summed E-state index contributed by atoms with van der Waals surface area (Å²) in [6, 6.07) is 7.09. The third-order valence-electron chi connectivity index (χ3n) is 2.63. The van der Waals surface area contributed by atoms with Gasteiger partial charge in [-0.2, -0.15) is 0 Å². The highest BCUT2D eigenvalue weighted by atomic mass is 16.4. The van der Waals surface area contributed by atoms with Crippen molar-refractivity contribution in [2.24, 2.45) is 0 Å². The predicted molar refractivity (Wildman–Crippen MR) is 70.0 cm³/mol. The van der Waals surface area contributed by atoms with Gasteiger partial charge in [-0.1, -0.05) is 0 Å². The van der Waals surface area contributed by atoms with Gasteiger partial charge in [0.2, 0.25) is 0 Å². The third-order valence-corrected chi connectivity index (χ3v) is 2.63. The monoisotopic (exact) mass is 250 g/mol. The van der Waals surface area contributed by atoms with Crippen LogP contribution < -0.4 is 4.90 Å². The van der Waals surface area contributed by atoms with Crippen molar-refractivity contribution in [1.29, 1.82) is 0 Å². The van der Waals surface area contributed by atoms with Crippen LogP contribution >= 0.6 is 0 Å². The molecule has 0 aliphatic carbocycles. The Morgan fingerprint density at radius 3 is 2.11 bits per heavy atom. The Kier molecular flexibility index (Phi) is 4.71. The van der Waals surface area contributed by atoms with Crippen molar-refractivity contribution in [3.05, 3.63) is 29.8 Å². The van der Waals surface area contributed by atoms with Crippen LogP contribution in [0.3, 0.4) is 0 Å². The highest BCUT2D eigenvalue weighted by molar-refractivity contribution is 5.96. The van der Waals surface area contributed by atoms with Crippen molar-refractivity contribution in [2.75, 3.05) is 32.1 Å². The standard InChI is InChI=1S/C13H18N2O3/c1-4-15(9-12(16)17)13(18)10-5-7-11(8-6-10)14(2)3/h5-8H,4,9H2,1-3H3,(H,16,17). The van der Waals surface area contributed by atoms with Crippen LogP contribution in [0.25, 0.3) is 0 Å². The summed E-state index contributed by atoms with van der Waals surface area (Å²) < 4.78 is 0. The molecule has 0 saturated heterocycles. The molecule has 0 aliphatic heterocycles. The maximum absolute atomic E-state index is 12.0. The normalized spacial score (nSPS) is 9.94. The van der Waals surface area contributed by atoms with E-state index in [-0.39, 0.29) is 12.5 Å². The van der Waals surface area contributed by atoms with Gasteiger partial charge in [-0.25, -0.2) is 0 Å². The van der Waals surface area contributed by atoms with Gasteiger partial charge in [0.05, 0.1) is 0 Å². The third kappa shape index (κ3) is 3.48. The molecule has 0 bridgehead atoms. The maximum atomic E-state index is 12.0. The number of benzene rings is 1. The second-order valence-electron chi connectivity index (χ2n) is 4.15. The summed E-state index contributed by atoms with van der Waals surface area (Å²) >= 11 is 0. The molecular weight excluding hydrogens is 232 g/mol. The summed E-state index contributed by atoms with van der Waals surface area (Å²) in [4.78, 5) is 25.9. The van der Waals surface area contributed by atoms with E-state index in [1.54, 1.807) is 19.1 Å². The van der Waals surface area contributed by atoms with E-state index < -0.39 is 5.97 Å². The van der Waals surface area contributed by atoms with Gasteiger partial charge >= 0.3 is 5.97 Å². The Morgan fingerprint density at radius 1 is 1.17 bits per heavy atom. The van der Waals surface area contributed by atoms with Crippen LogP contribution in [0.2, 0.25) is 0 Å². The van der Waals surface area contributed by atoms with Gasteiger partial charge in [-0.15, -0.1) is 0 Å². The molecule has 0 fully saturated rings. The van der Waals surface area contributed by atoms with Crippen molar-refractivity contribution < 1.29 is 14.7 Å². The summed E-state index contributed by atoms with van der Waals surface area (Å²) in [5, 5.41) is 8.73. The molecule has 0 atom stereocenters. The van der Waals surface area contributed by atoms with Crippen LogP contribution in [0, 0.1) is 0 Å². The van der Waals surface area contributed by atoms with E-state index >= 15 is 0 Å². The first-order valence-electron chi connectivity index (χ1n) is 5.74. The minimum atomic E-state index is -1.00. The number of carboxylic acid groups (broad SMARTS) is 1. The van der Waals surface area contributed by atoms with Gasteiger partial charge in [0.25, 0.3) is 5.91 Å². The molecule has 1 aromatic rings. The quantitative estimate of drug-likeness (QED) is 0.855. The second kappa shape index (κ2) is 6.05. The largest absolute Gasteiger partial charge is 0.480 e. The van der Waals surface area contributed by atoms with Crippen molar-refractivity contribution >= 4 is 17.6 Å². The molecule has 1 rings (SSSR count). The summed E-state index contributed by atoms with van der Waals surface area (Å²) in [5.41, 5.74) is 1.50. The number of nitrogens with zero attached hydrogens (tertiary/aromatic N) is 2. The first-order valence-corrected chi connectivity index (χ1v) is 5.74. The number of aliphatic carboxylic acids is 1. The van der Waals surface area contributed by atoms with E-state index in [0.29, 0.717) is 12.1 Å². The van der Waals surface area contributed by atoms with Crippen LogP contribution in [0.5, 0.6) is 0 Å². The number of hydrogen-bond donors (Lipinski definition) is 1. The average Bonchev–Trinajstić information content (AvgIpc) is 2.35. The Bertz CT molecular complexity index is 426. The molecule has 98 valence electrons. The van der Waals surface area contributed by atoms with E-state index in [9.17, 15) is 9.59 Å². The molecule has 0 spiro atoms. The smallest absolute Gasteiger partial charge is 0.323 e. The number of rotatable bonds is 5. The highest BCUT2D eigenvalue weighted by Crippen LogP contribution is 2.13. The average molecular weight is 250 g/mol. The van der Waals surface area contributed by atoms with Gasteiger partial charge in [-0.05, 0) is 31.2 Å². The van der Waals surface area contributed by atoms with Crippen molar-refractivity contribution in [1.82, 2.24) is 4.90 Å². The Hall–Kier alpha value is -2.04. The number of carbonyl (C=O) groups is 2. The number of likely N-dealkylation sites (N-methyl/N-ethyl adjacent to an activating group) is 1. The van der Waals surface area contributed by atoms with Gasteiger partial charge in [0.1, 0.15) is 6.54 Å². The molecule has 0 aliphatic rings. The predicted octanol–water partition coefficient (Wildman–Crippen LogP) is 1.30. The van der Waals surface area contributed by atoms with Gasteiger partial charge in [0.15, 0.2) is 0 Å². The van der Waals surface area contributed by atoms with Gasteiger partial charge in [0, 0.05) is 31.9 Å². The summed E-state index contributed by atoms with van der Waals surface area (Å²) in [7, 11) is 3.83. The minimum absolute atomic E-state index is 0.259. The Morgan fingerprint density at radius 2 is 1.72 bits per heavy atom. The minimum Gasteiger partial charge on any atom is -0.480 e. The number of anilines is 1. The van der Waals surface area contributed by atoms with Crippen molar-refractivity contribution in [3.63, 3.8) is 0 Å². The molecule has 5 nitrogen and oxygen atoms in total. The van der Waals surface area contributed by atoms with Crippen molar-refractivity contribution in [2.45, 2.75) is 6.92 Å². The summed E-state index contributed by atoms with van der Waals surface area (Å²) in [6.07, 6.45) is 0. The van der Waals surface area contributed by atoms with Gasteiger partial charge < -0.3 is 14.9 Å². The lowest BCUT2D eigenvalue weighted by Crippen LogP contribution is -2.35. The molecule has 0 heterocycles. The number of carbonyl (C=O) groups excluding carboxylic acids is 1. The van der Waals surface area contributed by atoms with E-state index in [0.717, 1.165) is 5.69 Å². The molecule has 1 N–H and O–H groups in total. The maximum Gasteiger partial charge on any atom is 0.323 e. The lowest BCUT2D eigenvalue weighted by molar-refractivity contribution is -0.137. The topological polar surface area (TPSA) is 60.9 Å². The lowest BCUT2D eigenvalue weighted by Gasteiger charge is -2.19. The van der Waals surface area contributed by atoms with Crippen LogP contribution in [-0.4, -0.2) is 49.1 Å². The van der Waals surface area contributed by atoms with Crippen LogP contribution in [0.4, 0.5) is 5.69 Å². The van der Waals surface area contributed by atoms with E-state index in [2.05, 4.69) is 0 Å². The molecule has 1 aromatic carbocycles. The van der Waals surface area contributed by atoms with E-state index in [1.807, 2.05) is 31.1 Å². The summed E-state index contributed by atoms with van der Waals surface area (Å²) in [6.45, 7) is 1.86. The van der Waals surface area contributed by atoms with Crippen LogP contribution in [-0.2, 0) is 4.79 Å². The zero-order valence-electron chi connectivity index (χ0n) is 10.9. The molecule has 0 saturated carbocycles. The van der Waals surface area contributed by atoms with Crippen LogP contribution in [0.1, 0.15) is 17.3 Å². The second-order valence-corrected chi connectivity index (χ2v) is 4.15. The molecule has 0 aromatic heterocycles. The number of carboxylic acids is 1. The number of hydrogen-bond acceptors (Lipinski definition) is 3. The Balaban J connectivity index is 2.85. The molecule has 5 heteroatoms. The zero-order valence-corrected chi connectivity index (χ0v) is 10.9. The lowest BCUT2D eigenvalue weighted by atomic mass is 10.1. The fraction of sp³-hybridized carbons (Fsp3) is 0.385. The van der Waals surface area contributed by atoms with E-state index in [1.165, 1.54) is 4.90 Å². The van der Waals surface area contributed by atoms with Crippen LogP contribution in [0.15, 0.2) is 24.3 Å². The molecule has 1 amide bonds. The fourth-order valence-electron chi connectivity index (χ4n) is 1.58. The molecular formula is C13H18N2O3. The highest BCUT2D eigenvalue weighted by Gasteiger charge is 2.16. The fourth-order valence-corrected chi connectivity index (χ4v) is 1.58. The first-order chi connectivity index (χ1) is 8.45. The molecule has 18 heavy (non-hydrogen) atoms. The zero-order chi connectivity index (χ0) is 13.7. The summed E-state index contributed by atoms with van der Waals surface area (Å²) in [5.74, 6) is -1.26. The van der Waals surface area contributed by atoms with Gasteiger partial charge in [-0.3, -0.25) is 9.59 Å². The SMILES string of the molecule is CCN(CC(=O)O)C(=O)c1ccc(N(C)C)cc1.